The second-order valence-electron chi connectivity index (χ2n) is 8.41. The highest BCUT2D eigenvalue weighted by Gasteiger charge is 2.23. The molecule has 0 unspecified atom stereocenters. The Morgan fingerprint density at radius 3 is 2.71 bits per heavy atom. The summed E-state index contributed by atoms with van der Waals surface area (Å²) in [6.45, 7) is 4.99. The summed E-state index contributed by atoms with van der Waals surface area (Å²) in [6, 6.07) is 10.2. The van der Waals surface area contributed by atoms with Crippen molar-refractivity contribution in [1.82, 2.24) is 15.5 Å². The summed E-state index contributed by atoms with van der Waals surface area (Å²) < 4.78 is 0. The van der Waals surface area contributed by atoms with Gasteiger partial charge >= 0.3 is 0 Å². The molecule has 0 saturated carbocycles. The lowest BCUT2D eigenvalue weighted by molar-refractivity contribution is -0.122. The largest absolute Gasteiger partial charge is 0.307 e. The Kier molecular flexibility index (Phi) is 8.91. The molecule has 1 aromatic carbocycles. The summed E-state index contributed by atoms with van der Waals surface area (Å²) in [5.41, 5.74) is 1.24. The number of nitrogens with one attached hydrogen (secondary N) is 2. The van der Waals surface area contributed by atoms with E-state index in [0.717, 1.165) is 43.7 Å². The van der Waals surface area contributed by atoms with Crippen molar-refractivity contribution in [2.75, 3.05) is 11.9 Å². The molecule has 2 heterocycles. The fourth-order valence-electron chi connectivity index (χ4n) is 3.68. The summed E-state index contributed by atoms with van der Waals surface area (Å²) in [5.74, 6) is 0.302. The Hall–Kier alpha value is -2.38. The van der Waals surface area contributed by atoms with E-state index in [4.69, 9.17) is 0 Å². The predicted molar refractivity (Wildman–Crippen MR) is 125 cm³/mol. The maximum Gasteiger partial charge on any atom is 0.249 e. The van der Waals surface area contributed by atoms with Crippen LogP contribution in [-0.2, 0) is 16.0 Å². The van der Waals surface area contributed by atoms with Crippen LogP contribution >= 0.6 is 11.3 Å². The Balaban J connectivity index is 1.60. The van der Waals surface area contributed by atoms with Gasteiger partial charge in [0.15, 0.2) is 0 Å². The maximum atomic E-state index is 12.8. The van der Waals surface area contributed by atoms with Gasteiger partial charge in [0.2, 0.25) is 11.0 Å². The molecule has 0 bridgehead atoms. The number of hydrogen-bond donors (Lipinski definition) is 2. The average molecular weight is 441 g/mol. The van der Waals surface area contributed by atoms with Gasteiger partial charge in [0.25, 0.3) is 0 Å². The van der Waals surface area contributed by atoms with Crippen LogP contribution in [-0.4, -0.2) is 34.5 Å². The summed E-state index contributed by atoms with van der Waals surface area (Å²) in [6.07, 6.45) is 8.69. The zero-order valence-electron chi connectivity index (χ0n) is 18.3. The van der Waals surface area contributed by atoms with E-state index in [1.165, 1.54) is 23.0 Å². The van der Waals surface area contributed by atoms with Gasteiger partial charge in [0.1, 0.15) is 10.8 Å². The minimum atomic E-state index is -0.237. The lowest BCUT2D eigenvalue weighted by Crippen LogP contribution is -2.41. The van der Waals surface area contributed by atoms with Gasteiger partial charge in [-0.2, -0.15) is 0 Å². The Morgan fingerprint density at radius 2 is 2.03 bits per heavy atom. The Labute approximate surface area is 188 Å². The van der Waals surface area contributed by atoms with Crippen molar-refractivity contribution in [3.05, 3.63) is 53.1 Å². The number of carbonyl (C=O) groups is 2. The minimum absolute atomic E-state index is 0.0165. The molecule has 166 valence electrons. The minimum Gasteiger partial charge on any atom is -0.307 e. The lowest BCUT2D eigenvalue weighted by atomic mass is 9.90. The molecule has 0 spiro atoms. The van der Waals surface area contributed by atoms with Crippen LogP contribution in [0.3, 0.4) is 0 Å². The number of anilines is 1. The van der Waals surface area contributed by atoms with Crippen LogP contribution in [0.1, 0.15) is 62.4 Å². The molecule has 0 radical (unpaired) electrons. The monoisotopic (exact) mass is 440 g/mol. The van der Waals surface area contributed by atoms with E-state index in [0.29, 0.717) is 11.6 Å². The highest BCUT2D eigenvalue weighted by molar-refractivity contribution is 7.15. The van der Waals surface area contributed by atoms with E-state index in [1.807, 2.05) is 38.1 Å². The summed E-state index contributed by atoms with van der Waals surface area (Å²) in [4.78, 5) is 25.2. The van der Waals surface area contributed by atoms with Crippen LogP contribution in [0.4, 0.5) is 5.13 Å². The number of benzene rings is 1. The molecular weight excluding hydrogens is 408 g/mol. The van der Waals surface area contributed by atoms with Gasteiger partial charge < -0.3 is 5.32 Å². The van der Waals surface area contributed by atoms with Crippen molar-refractivity contribution in [2.24, 2.45) is 5.92 Å². The van der Waals surface area contributed by atoms with Crippen molar-refractivity contribution < 1.29 is 9.59 Å². The first kappa shape index (κ1) is 23.3. The van der Waals surface area contributed by atoms with Gasteiger partial charge in [-0.05, 0) is 49.8 Å². The van der Waals surface area contributed by atoms with Crippen LogP contribution < -0.4 is 10.6 Å². The van der Waals surface area contributed by atoms with E-state index in [-0.39, 0.29) is 29.6 Å². The van der Waals surface area contributed by atoms with Gasteiger partial charge in [-0.1, -0.05) is 68.0 Å². The first-order chi connectivity index (χ1) is 15.0. The molecule has 6 nitrogen and oxygen atoms in total. The molecule has 1 aliphatic rings. The Morgan fingerprint density at radius 1 is 1.23 bits per heavy atom. The topological polar surface area (TPSA) is 84.0 Å². The number of amides is 1. The van der Waals surface area contributed by atoms with Crippen LogP contribution in [0.15, 0.2) is 42.5 Å². The predicted octanol–water partition coefficient (Wildman–Crippen LogP) is 4.51. The van der Waals surface area contributed by atoms with Gasteiger partial charge in [-0.25, -0.2) is 0 Å². The third-order valence-corrected chi connectivity index (χ3v) is 6.63. The third-order valence-electron chi connectivity index (χ3n) is 5.49. The number of rotatable bonds is 10. The number of hydrogen-bond acceptors (Lipinski definition) is 6. The highest BCUT2D eigenvalue weighted by Crippen LogP contribution is 2.23. The van der Waals surface area contributed by atoms with E-state index < -0.39 is 0 Å². The number of carbonyl (C=O) groups excluding carboxylic acids is 2. The van der Waals surface area contributed by atoms with Crippen LogP contribution in [0.25, 0.3) is 0 Å². The molecule has 2 N–H and O–H groups in total. The van der Waals surface area contributed by atoms with Gasteiger partial charge in [-0.3, -0.25) is 14.9 Å². The number of Topliss-reactive ketones (excluding diaryl/α,β-unsaturated/α-hetero) is 1. The fraction of sp³-hybridized carbons (Fsp3) is 0.500. The quantitative estimate of drug-likeness (QED) is 0.531. The van der Waals surface area contributed by atoms with E-state index >= 15 is 0 Å². The summed E-state index contributed by atoms with van der Waals surface area (Å²) in [7, 11) is 0. The summed E-state index contributed by atoms with van der Waals surface area (Å²) >= 11 is 1.39. The average Bonchev–Trinajstić information content (AvgIpc) is 3.25. The first-order valence-corrected chi connectivity index (χ1v) is 12.0. The summed E-state index contributed by atoms with van der Waals surface area (Å²) in [5, 5.41) is 15.6. The molecule has 1 aliphatic heterocycles. The van der Waals surface area contributed by atoms with Crippen LogP contribution in [0.5, 0.6) is 0 Å². The zero-order valence-corrected chi connectivity index (χ0v) is 19.2. The molecular formula is C24H32N4O2S. The first-order valence-electron chi connectivity index (χ1n) is 11.1. The van der Waals surface area contributed by atoms with Gasteiger partial charge in [0.05, 0.1) is 6.04 Å². The molecule has 7 heteroatoms. The molecule has 3 rings (SSSR count). The van der Waals surface area contributed by atoms with Gasteiger partial charge in [-0.15, -0.1) is 10.2 Å². The molecule has 1 amide bonds. The van der Waals surface area contributed by atoms with Crippen molar-refractivity contribution in [1.29, 1.82) is 0 Å². The van der Waals surface area contributed by atoms with Crippen LogP contribution in [0.2, 0.25) is 0 Å². The number of ketones is 1. The second kappa shape index (κ2) is 11.9. The molecule has 31 heavy (non-hydrogen) atoms. The highest BCUT2D eigenvalue weighted by atomic mass is 32.1. The molecule has 1 saturated heterocycles. The number of allylic oxidation sites excluding steroid dienone is 1. The molecule has 2 aromatic rings. The Bertz CT molecular complexity index is 873. The maximum absolute atomic E-state index is 12.8. The lowest BCUT2D eigenvalue weighted by Gasteiger charge is -2.23. The van der Waals surface area contributed by atoms with E-state index in [1.54, 1.807) is 0 Å². The van der Waals surface area contributed by atoms with Crippen molar-refractivity contribution in [2.45, 2.75) is 64.3 Å². The third kappa shape index (κ3) is 7.67. The van der Waals surface area contributed by atoms with Crippen LogP contribution in [0, 0.1) is 5.92 Å². The number of aromatic nitrogens is 2. The molecule has 1 aromatic heterocycles. The fourth-order valence-corrected chi connectivity index (χ4v) is 4.43. The second-order valence-corrected chi connectivity index (χ2v) is 9.41. The molecule has 2 atom stereocenters. The molecule has 1 fully saturated rings. The number of aryl methyl sites for hydroxylation is 1. The van der Waals surface area contributed by atoms with E-state index in [2.05, 4.69) is 33.0 Å². The number of piperidine rings is 1. The van der Waals surface area contributed by atoms with Crippen molar-refractivity contribution in [3.8, 4) is 0 Å². The SMILES string of the molecule is CC(C)c1nnc(NC(=O)/C=C/[C@H](CCc2ccccc2)CC(=O)[C@@H]2CCCCN2)s1. The van der Waals surface area contributed by atoms with Crippen molar-refractivity contribution >= 4 is 28.2 Å². The zero-order chi connectivity index (χ0) is 22.1. The normalized spacial score (nSPS) is 17.7. The molecule has 0 aliphatic carbocycles. The van der Waals surface area contributed by atoms with Crippen molar-refractivity contribution in [3.63, 3.8) is 0 Å². The van der Waals surface area contributed by atoms with Gasteiger partial charge in [0, 0.05) is 12.3 Å². The van der Waals surface area contributed by atoms with E-state index in [9.17, 15) is 9.59 Å². The smallest absolute Gasteiger partial charge is 0.249 e. The number of nitrogens with zero attached hydrogens (tertiary/aromatic N) is 2. The standard InChI is InChI=1S/C24H32N4O2S/c1-17(2)23-27-28-24(31-23)26-22(30)14-13-19(12-11-18-8-4-3-5-9-18)16-21(29)20-10-6-7-15-25-20/h3-5,8-9,13-14,17,19-20,25H,6-7,10-12,15-16H2,1-2H3,(H,26,28,30)/b14-13+/t19-,20-/m0/s1.